The lowest BCUT2D eigenvalue weighted by atomic mass is 9.95. The molecule has 0 aliphatic carbocycles. The summed E-state index contributed by atoms with van der Waals surface area (Å²) in [6, 6.07) is 5.13. The number of H-pyrrole nitrogens is 3. The highest BCUT2D eigenvalue weighted by Crippen LogP contribution is 2.68. The molecule has 7 aromatic rings. The van der Waals surface area contributed by atoms with Crippen molar-refractivity contribution in [2.45, 2.75) is 80.5 Å². The number of nitrogens with zero attached hydrogens (tertiary/aromatic N) is 10. The van der Waals surface area contributed by atoms with Crippen molar-refractivity contribution < 1.29 is 108 Å². The van der Waals surface area contributed by atoms with E-state index in [0.29, 0.717) is 5.69 Å². The summed E-state index contributed by atoms with van der Waals surface area (Å²) in [7, 11) is -21.1. The summed E-state index contributed by atoms with van der Waals surface area (Å²) in [6.07, 6.45) is -13.2. The van der Waals surface area contributed by atoms with E-state index < -0.39 is 147 Å². The number of anilines is 3. The van der Waals surface area contributed by atoms with Gasteiger partial charge >= 0.3 is 36.9 Å². The molecule has 85 heavy (non-hydrogen) atoms. The van der Waals surface area contributed by atoms with Crippen molar-refractivity contribution >= 4 is 82.6 Å². The Hall–Kier alpha value is -6.20. The Morgan fingerprint density at radius 1 is 0.635 bits per heavy atom. The van der Waals surface area contributed by atoms with E-state index in [9.17, 15) is 67.5 Å². The van der Waals surface area contributed by atoms with E-state index >= 15 is 0 Å². The molecule has 41 nitrogen and oxygen atoms in total. The van der Waals surface area contributed by atoms with Gasteiger partial charge in [0.15, 0.2) is 34.8 Å². The van der Waals surface area contributed by atoms with Gasteiger partial charge in [0.1, 0.15) is 42.7 Å². The molecule has 462 valence electrons. The third-order valence-electron chi connectivity index (χ3n) is 13.4. The average Bonchev–Trinajstić information content (AvgIpc) is 1.79. The van der Waals surface area contributed by atoms with E-state index in [2.05, 4.69) is 53.5 Å². The molecule has 0 spiro atoms. The summed E-state index contributed by atoms with van der Waals surface area (Å²) in [6.45, 7) is -3.32. The molecule has 10 rings (SSSR count). The number of imidazole rings is 3. The molecule has 10 heterocycles. The Kier molecular flexibility index (Phi) is 17.6. The fourth-order valence-corrected chi connectivity index (χ4v) is 14.2. The van der Waals surface area contributed by atoms with Crippen LogP contribution in [0.5, 0.6) is 0 Å². The van der Waals surface area contributed by atoms with Gasteiger partial charge in [-0.15, -0.1) is 0 Å². The van der Waals surface area contributed by atoms with Gasteiger partial charge in [0.25, 0.3) is 22.3 Å². The Morgan fingerprint density at radius 2 is 1.16 bits per heavy atom. The normalized spacial score (nSPS) is 28.2. The standard InChI is InChI=1S/C40H52N16O25P4/c1-53-15-56(31-23(53)34(62)52-40(43)49-31)35-24(57)17(6-8-72-9-16-5-3-4-7-44-16)18(76-35)10-74-83(65,66)80-85(69,70)81-84(67,68)75-12-20-27(28(71-2)37(78-20)55-14-46-22-30(55)48-39(42)51-33(22)61)79-82(63,64)73-11-19-25(58)26(59)36(77-19)54-13-45-21-29(54)47-38(41)50-32(21)60/h3-5,7,13-15,17-20,24-28,35-37,57-59H,6,8-12H2,1-2H3,(H12-,41,42,43,47,48,49,50,51,52,60,61,62,63,64,65,66,67,68,69,70)/p+1/t17-,18-,19-,20-,24-,25-,26-,27-,28-,35?,36-,37-/m1/s1. The molecule has 3 aliphatic rings. The van der Waals surface area contributed by atoms with Crippen LogP contribution in [-0.2, 0) is 82.3 Å². The predicted octanol–water partition coefficient (Wildman–Crippen LogP) is -3.16. The van der Waals surface area contributed by atoms with Crippen LogP contribution in [0.25, 0.3) is 33.5 Å². The van der Waals surface area contributed by atoms with Crippen LogP contribution in [0.1, 0.15) is 30.8 Å². The number of nitrogens with one attached hydrogen (secondary N) is 3. The average molecular weight is 1280 g/mol. The van der Waals surface area contributed by atoms with E-state index in [1.807, 2.05) is 0 Å². The molecule has 0 aromatic carbocycles. The molecule has 3 fully saturated rings. The number of aromatic amines is 3. The molecule has 3 aliphatic heterocycles. The number of hydrogen-bond donors (Lipinski definition) is 13. The summed E-state index contributed by atoms with van der Waals surface area (Å²) in [5, 5.41) is 33.5. The molecule has 7 aromatic heterocycles. The Balaban J connectivity index is 0.818. The number of fused-ring (bicyclic) bond motifs is 3. The smallest absolute Gasteiger partial charge is 0.387 e. The Labute approximate surface area is 472 Å². The summed E-state index contributed by atoms with van der Waals surface area (Å²) in [5.41, 5.74) is 14.7. The first-order valence-electron chi connectivity index (χ1n) is 24.7. The maximum absolute atomic E-state index is 13.8. The maximum Gasteiger partial charge on any atom is 0.490 e. The van der Waals surface area contributed by atoms with Crippen LogP contribution in [0.3, 0.4) is 0 Å². The number of aliphatic hydroxyl groups is 3. The van der Waals surface area contributed by atoms with Crippen LogP contribution in [-0.4, -0.2) is 176 Å². The van der Waals surface area contributed by atoms with E-state index in [0.717, 1.165) is 28.9 Å². The number of ether oxygens (including phenoxy) is 5. The molecule has 16 atom stereocenters. The zero-order chi connectivity index (χ0) is 61.1. The van der Waals surface area contributed by atoms with Crippen molar-refractivity contribution in [3.8, 4) is 0 Å². The van der Waals surface area contributed by atoms with Crippen LogP contribution in [0.2, 0.25) is 0 Å². The van der Waals surface area contributed by atoms with Crippen molar-refractivity contribution in [2.24, 2.45) is 13.0 Å². The molecule has 5 unspecified atom stereocenters. The lowest BCUT2D eigenvalue weighted by Gasteiger charge is -2.26. The fraction of sp³-hybridized carbons (Fsp3) is 0.500. The highest BCUT2D eigenvalue weighted by Gasteiger charge is 2.54. The van der Waals surface area contributed by atoms with Gasteiger partial charge in [-0.1, -0.05) is 6.07 Å². The summed E-state index contributed by atoms with van der Waals surface area (Å²) < 4.78 is 117. The van der Waals surface area contributed by atoms with Crippen LogP contribution >= 0.6 is 31.3 Å². The molecule has 0 amide bonds. The number of aromatic nitrogens is 13. The number of methoxy groups -OCH3 is 1. The van der Waals surface area contributed by atoms with Crippen LogP contribution < -0.4 is 38.4 Å². The molecule has 45 heteroatoms. The zero-order valence-electron chi connectivity index (χ0n) is 43.7. The van der Waals surface area contributed by atoms with Gasteiger partial charge in [0.2, 0.25) is 30.4 Å². The lowest BCUT2D eigenvalue weighted by molar-refractivity contribution is -0.646. The summed E-state index contributed by atoms with van der Waals surface area (Å²) >= 11 is 0. The quantitative estimate of drug-likeness (QED) is 0.0161. The molecular formula is C40H53N16O25P4+. The maximum atomic E-state index is 13.8. The van der Waals surface area contributed by atoms with E-state index in [-0.39, 0.29) is 65.0 Å². The van der Waals surface area contributed by atoms with E-state index in [1.165, 1.54) is 22.5 Å². The monoisotopic (exact) mass is 1280 g/mol. The number of phosphoric ester groups is 3. The second-order valence-corrected chi connectivity index (χ2v) is 25.0. The van der Waals surface area contributed by atoms with Gasteiger partial charge in [-0.05, 0) is 18.6 Å². The first kappa shape index (κ1) is 61.9. The number of phosphoric acid groups is 4. The molecule has 16 N–H and O–H groups in total. The van der Waals surface area contributed by atoms with Crippen molar-refractivity contribution in [1.29, 1.82) is 0 Å². The highest BCUT2D eigenvalue weighted by molar-refractivity contribution is 7.66. The van der Waals surface area contributed by atoms with Crippen LogP contribution in [0.4, 0.5) is 17.8 Å². The molecule has 0 bridgehead atoms. The van der Waals surface area contributed by atoms with Gasteiger partial charge in [-0.25, -0.2) is 32.8 Å². The topological polar surface area (TPSA) is 584 Å². The number of nitrogens with two attached hydrogens (primary N) is 3. The minimum Gasteiger partial charge on any atom is -0.387 e. The van der Waals surface area contributed by atoms with Gasteiger partial charge in [0, 0.05) is 25.8 Å². The number of aliphatic hydroxyl groups excluding tert-OH is 3. The largest absolute Gasteiger partial charge is 0.490 e. The lowest BCUT2D eigenvalue weighted by Crippen LogP contribution is -2.38. The number of pyridine rings is 1. The fourth-order valence-electron chi connectivity index (χ4n) is 9.69. The molecule has 0 radical (unpaired) electrons. The van der Waals surface area contributed by atoms with Gasteiger partial charge < -0.3 is 75.8 Å². The number of rotatable bonds is 24. The Morgan fingerprint density at radius 3 is 1.76 bits per heavy atom. The third-order valence-corrected chi connectivity index (χ3v) is 18.6. The van der Waals surface area contributed by atoms with E-state index in [4.69, 9.17) is 59.0 Å². The zero-order valence-corrected chi connectivity index (χ0v) is 47.3. The number of aryl methyl sites for hydroxylation is 1. The van der Waals surface area contributed by atoms with Crippen LogP contribution in [0, 0.1) is 5.92 Å². The van der Waals surface area contributed by atoms with Crippen molar-refractivity contribution in [2.75, 3.05) is 50.7 Å². The minimum atomic E-state index is -6.25. The predicted molar refractivity (Wildman–Crippen MR) is 278 cm³/mol. The van der Waals surface area contributed by atoms with Crippen molar-refractivity contribution in [3.05, 3.63) is 80.1 Å². The molecule has 3 saturated heterocycles. The van der Waals surface area contributed by atoms with Crippen molar-refractivity contribution in [3.63, 3.8) is 0 Å². The van der Waals surface area contributed by atoms with Gasteiger partial charge in [0.05, 0.1) is 57.9 Å². The molecular weight excluding hydrogens is 1230 g/mol. The summed E-state index contributed by atoms with van der Waals surface area (Å²) in [5.74, 6) is -2.02. The Bertz CT molecular complexity index is 4000. The first-order valence-corrected chi connectivity index (χ1v) is 30.7. The highest BCUT2D eigenvalue weighted by atomic mass is 31.3. The van der Waals surface area contributed by atoms with Crippen LogP contribution in [0.15, 0.2) is 57.8 Å². The first-order chi connectivity index (χ1) is 40.1. The molecule has 0 saturated carbocycles. The third kappa shape index (κ3) is 13.2. The van der Waals surface area contributed by atoms with E-state index in [1.54, 1.807) is 24.4 Å². The van der Waals surface area contributed by atoms with Gasteiger partial charge in [-0.2, -0.15) is 28.1 Å². The number of nitrogen functional groups attached to an aromatic ring is 3. The SMILES string of the molecule is CO[C@@H]1[C@H](OP(=O)(O)OC[C@H]2O[C@@H](n3cnc4c(=O)[nH]c(N)nc43)[C@H](O)[C@@H]2O)[C@@H](COP(=O)(O)OP(=O)(O)OP(=O)(O)OC[C@H]2OC(n3c[n+](C)c4c(=O)[nH]c(N)nc43)[C@H](O)[C@@H]2CCOCc2ccccn2)O[C@H]1n1cnc2c(=O)[nH]c(N)nc21. The van der Waals surface area contributed by atoms with Gasteiger partial charge in [-0.3, -0.25) is 61.5 Å². The summed E-state index contributed by atoms with van der Waals surface area (Å²) in [4.78, 5) is 112. The minimum absolute atomic E-state index is 0.0179. The van der Waals surface area contributed by atoms with Crippen molar-refractivity contribution in [1.82, 2.24) is 58.6 Å². The number of hydrogen-bond acceptors (Lipinski definition) is 30. The second kappa shape index (κ2) is 24.2. The second-order valence-electron chi connectivity index (χ2n) is 19.0.